The molecule has 0 unspecified atom stereocenters. The molecule has 0 aliphatic carbocycles. The molecule has 0 aromatic heterocycles. The number of carboxylic acids is 2. The number of aliphatic carboxylic acids is 2. The van der Waals surface area contributed by atoms with Gasteiger partial charge in [0, 0.05) is 0 Å². The van der Waals surface area contributed by atoms with Crippen LogP contribution in [0.3, 0.4) is 0 Å². The van der Waals surface area contributed by atoms with E-state index >= 15 is 0 Å². The van der Waals surface area contributed by atoms with Crippen molar-refractivity contribution in [2.24, 2.45) is 0 Å². The highest BCUT2D eigenvalue weighted by Crippen LogP contribution is 2.05. The van der Waals surface area contributed by atoms with E-state index in [9.17, 15) is 9.59 Å². The van der Waals surface area contributed by atoms with E-state index in [0.29, 0.717) is 0 Å². The zero-order valence-corrected chi connectivity index (χ0v) is 6.81. The van der Waals surface area contributed by atoms with E-state index in [1.165, 1.54) is 0 Å². The first-order valence-electron chi connectivity index (χ1n) is 3.47. The van der Waals surface area contributed by atoms with E-state index < -0.39 is 36.4 Å². The normalized spacial score (nSPS) is 19.4. The van der Waals surface area contributed by atoms with Crippen molar-refractivity contribution in [1.29, 1.82) is 0 Å². The van der Waals surface area contributed by atoms with Crippen LogP contribution in [0.1, 0.15) is 0 Å². The summed E-state index contributed by atoms with van der Waals surface area (Å²) in [5, 5.41) is 51.5. The first-order valence-corrected chi connectivity index (χ1v) is 3.47. The Morgan fingerprint density at radius 1 is 0.714 bits per heavy atom. The highest BCUT2D eigenvalue weighted by atomic mass is 16.4. The van der Waals surface area contributed by atoms with Crippen molar-refractivity contribution in [2.45, 2.75) is 24.4 Å². The summed E-state index contributed by atoms with van der Waals surface area (Å²) < 4.78 is 0. The van der Waals surface area contributed by atoms with Crippen molar-refractivity contribution < 1.29 is 40.2 Å². The minimum atomic E-state index is -2.36. The van der Waals surface area contributed by atoms with Gasteiger partial charge in [-0.05, 0) is 0 Å². The summed E-state index contributed by atoms with van der Waals surface area (Å²) in [5.41, 5.74) is 0. The quantitative estimate of drug-likeness (QED) is 0.274. The second-order valence-electron chi connectivity index (χ2n) is 2.55. The third kappa shape index (κ3) is 2.92. The Balaban J connectivity index is 4.45. The summed E-state index contributed by atoms with van der Waals surface area (Å²) in [5.74, 6) is -3.68. The van der Waals surface area contributed by atoms with Crippen molar-refractivity contribution in [2.75, 3.05) is 0 Å². The minimum Gasteiger partial charge on any atom is -0.479 e. The Morgan fingerprint density at radius 3 is 1.07 bits per heavy atom. The Bertz CT molecular complexity index is 202. The van der Waals surface area contributed by atoms with Gasteiger partial charge in [-0.3, -0.25) is 0 Å². The lowest BCUT2D eigenvalue weighted by molar-refractivity contribution is -0.172. The smallest absolute Gasteiger partial charge is 0.335 e. The molecule has 0 aromatic rings. The zero-order chi connectivity index (χ0) is 11.5. The predicted molar refractivity (Wildman–Crippen MR) is 39.3 cm³/mol. The summed E-state index contributed by atoms with van der Waals surface area (Å²) in [6.45, 7) is 0. The molecule has 0 heterocycles. The third-order valence-electron chi connectivity index (χ3n) is 1.50. The number of carboxylic acid groups (broad SMARTS) is 2. The second kappa shape index (κ2) is 4.86. The van der Waals surface area contributed by atoms with Crippen LogP contribution in [0.5, 0.6) is 0 Å². The van der Waals surface area contributed by atoms with Crippen LogP contribution in [0.2, 0.25) is 0 Å². The summed E-state index contributed by atoms with van der Waals surface area (Å²) in [6.07, 6.45) is -9.28. The molecule has 0 fully saturated rings. The summed E-state index contributed by atoms with van der Waals surface area (Å²) >= 11 is 0. The Hall–Kier alpha value is -1.22. The Kier molecular flexibility index (Phi) is 4.44. The van der Waals surface area contributed by atoms with Crippen LogP contribution in [-0.4, -0.2) is 67.0 Å². The van der Waals surface area contributed by atoms with Gasteiger partial charge in [0.05, 0.1) is 0 Å². The largest absolute Gasteiger partial charge is 0.479 e. The van der Waals surface area contributed by atoms with E-state index in [1.54, 1.807) is 0 Å². The van der Waals surface area contributed by atoms with Gasteiger partial charge in [0.15, 0.2) is 12.2 Å². The number of hydrogen-bond donors (Lipinski definition) is 6. The first-order chi connectivity index (χ1) is 6.29. The average molecular weight is 210 g/mol. The van der Waals surface area contributed by atoms with Gasteiger partial charge in [-0.1, -0.05) is 0 Å². The number of hydrogen-bond acceptors (Lipinski definition) is 6. The third-order valence-corrected chi connectivity index (χ3v) is 1.50. The van der Waals surface area contributed by atoms with Crippen molar-refractivity contribution >= 4 is 11.9 Å². The SMILES string of the molecule is O=C(O)[C@@H](O)[C@@H](O)[C@H](O)[C@H](O)C(=O)O. The molecule has 4 atom stereocenters. The monoisotopic (exact) mass is 210 g/mol. The number of rotatable bonds is 5. The Morgan fingerprint density at radius 2 is 0.929 bits per heavy atom. The van der Waals surface area contributed by atoms with Crippen LogP contribution < -0.4 is 0 Å². The van der Waals surface area contributed by atoms with E-state index in [-0.39, 0.29) is 0 Å². The van der Waals surface area contributed by atoms with Gasteiger partial charge in [0.2, 0.25) is 0 Å². The van der Waals surface area contributed by atoms with Crippen LogP contribution in [0.4, 0.5) is 0 Å². The molecule has 14 heavy (non-hydrogen) atoms. The zero-order valence-electron chi connectivity index (χ0n) is 6.81. The first kappa shape index (κ1) is 12.8. The maximum atomic E-state index is 10.1. The van der Waals surface area contributed by atoms with Gasteiger partial charge in [-0.15, -0.1) is 0 Å². The lowest BCUT2D eigenvalue weighted by atomic mass is 10.0. The molecule has 0 saturated heterocycles. The van der Waals surface area contributed by atoms with Gasteiger partial charge in [0.1, 0.15) is 12.2 Å². The molecule has 0 saturated carbocycles. The molecule has 8 heteroatoms. The number of carbonyl (C=O) groups is 2. The molecule has 82 valence electrons. The fourth-order valence-electron chi connectivity index (χ4n) is 0.666. The van der Waals surface area contributed by atoms with Crippen molar-refractivity contribution in [3.05, 3.63) is 0 Å². The molecule has 6 N–H and O–H groups in total. The molecule has 0 aliphatic heterocycles. The fourth-order valence-corrected chi connectivity index (χ4v) is 0.666. The highest BCUT2D eigenvalue weighted by Gasteiger charge is 2.37. The molecule has 0 amide bonds. The maximum absolute atomic E-state index is 10.1. The lowest BCUT2D eigenvalue weighted by Gasteiger charge is -2.21. The number of aliphatic hydroxyl groups excluding tert-OH is 4. The van der Waals surface area contributed by atoms with Gasteiger partial charge < -0.3 is 30.6 Å². The van der Waals surface area contributed by atoms with Gasteiger partial charge in [0.25, 0.3) is 0 Å². The van der Waals surface area contributed by atoms with Gasteiger partial charge in [-0.25, -0.2) is 9.59 Å². The van der Waals surface area contributed by atoms with Crippen LogP contribution in [-0.2, 0) is 9.59 Å². The van der Waals surface area contributed by atoms with Crippen molar-refractivity contribution in [1.82, 2.24) is 0 Å². The van der Waals surface area contributed by atoms with Crippen LogP contribution in [0.15, 0.2) is 0 Å². The Labute approximate surface area is 77.7 Å². The molecule has 0 aromatic carbocycles. The van der Waals surface area contributed by atoms with E-state index in [4.69, 9.17) is 30.6 Å². The minimum absolute atomic E-state index is 1.84. The van der Waals surface area contributed by atoms with Crippen LogP contribution in [0, 0.1) is 0 Å². The summed E-state index contributed by atoms with van der Waals surface area (Å²) in [7, 11) is 0. The van der Waals surface area contributed by atoms with Gasteiger partial charge >= 0.3 is 11.9 Å². The standard InChI is InChI=1S/C6H10O8/c7-1(3(9)5(11)12)2(8)4(10)6(13)14/h1-4,7-10H,(H,11,12)(H,13,14)/t1-,2-,3-,4-/m0/s1. The predicted octanol–water partition coefficient (Wildman–Crippen LogP) is -3.40. The summed E-state index contributed by atoms with van der Waals surface area (Å²) in [4.78, 5) is 20.2. The molecular formula is C6H10O8. The molecule has 0 spiro atoms. The molecular weight excluding hydrogens is 200 g/mol. The van der Waals surface area contributed by atoms with E-state index in [1.807, 2.05) is 0 Å². The summed E-state index contributed by atoms with van der Waals surface area (Å²) in [6, 6.07) is 0. The number of aliphatic hydroxyl groups is 4. The van der Waals surface area contributed by atoms with Gasteiger partial charge in [-0.2, -0.15) is 0 Å². The lowest BCUT2D eigenvalue weighted by Crippen LogP contribution is -2.49. The molecule has 0 aliphatic rings. The average Bonchev–Trinajstić information content (AvgIpc) is 2.12. The van der Waals surface area contributed by atoms with Crippen molar-refractivity contribution in [3.8, 4) is 0 Å². The van der Waals surface area contributed by atoms with Crippen molar-refractivity contribution in [3.63, 3.8) is 0 Å². The van der Waals surface area contributed by atoms with E-state index in [2.05, 4.69) is 0 Å². The molecule has 0 bridgehead atoms. The highest BCUT2D eigenvalue weighted by molar-refractivity contribution is 5.75. The van der Waals surface area contributed by atoms with E-state index in [0.717, 1.165) is 0 Å². The van der Waals surface area contributed by atoms with Crippen LogP contribution in [0.25, 0.3) is 0 Å². The molecule has 0 rings (SSSR count). The fraction of sp³-hybridized carbons (Fsp3) is 0.667. The topological polar surface area (TPSA) is 156 Å². The molecule has 0 radical (unpaired) electrons. The maximum Gasteiger partial charge on any atom is 0.335 e. The molecule has 8 nitrogen and oxygen atoms in total. The van der Waals surface area contributed by atoms with Crippen LogP contribution >= 0.6 is 0 Å². The second-order valence-corrected chi connectivity index (χ2v) is 2.55.